The summed E-state index contributed by atoms with van der Waals surface area (Å²) in [6.45, 7) is -0.780. The van der Waals surface area contributed by atoms with Crippen LogP contribution in [-0.4, -0.2) is 67.8 Å². The molecule has 0 spiro atoms. The van der Waals surface area contributed by atoms with E-state index in [9.17, 15) is 18.0 Å². The summed E-state index contributed by atoms with van der Waals surface area (Å²) >= 11 is 6.22. The van der Waals surface area contributed by atoms with Crippen molar-refractivity contribution in [3.05, 3.63) is 58.9 Å². The van der Waals surface area contributed by atoms with Crippen LogP contribution in [0.25, 0.3) is 0 Å². The first kappa shape index (κ1) is 23.7. The van der Waals surface area contributed by atoms with Gasteiger partial charge in [-0.15, -0.1) is 0 Å². The molecule has 2 aliphatic heterocycles. The predicted octanol–water partition coefficient (Wildman–Crippen LogP) is 4.05. The molecule has 33 heavy (non-hydrogen) atoms. The fraction of sp³-hybridized carbons (Fsp3) is 0.455. The maximum Gasteiger partial charge on any atom is 0.411 e. The van der Waals surface area contributed by atoms with E-state index in [-0.39, 0.29) is 44.2 Å². The molecule has 0 aliphatic carbocycles. The van der Waals surface area contributed by atoms with Crippen LogP contribution in [0.1, 0.15) is 23.9 Å². The van der Waals surface area contributed by atoms with Crippen LogP contribution >= 0.6 is 11.6 Å². The number of aromatic nitrogens is 1. The summed E-state index contributed by atoms with van der Waals surface area (Å²) in [4.78, 5) is 19.2. The van der Waals surface area contributed by atoms with Crippen LogP contribution in [0.2, 0.25) is 5.02 Å². The normalized spacial score (nSPS) is 22.8. The number of pyridine rings is 1. The van der Waals surface area contributed by atoms with Gasteiger partial charge in [0, 0.05) is 26.2 Å². The number of carbonyl (C=O) groups excluding carboxylic acids is 1. The Morgan fingerprint density at radius 2 is 2.15 bits per heavy atom. The molecule has 0 unspecified atom stereocenters. The number of fused-ring (bicyclic) bond motifs is 1. The van der Waals surface area contributed by atoms with Gasteiger partial charge in [0.15, 0.2) is 0 Å². The van der Waals surface area contributed by atoms with E-state index in [1.54, 1.807) is 17.2 Å². The van der Waals surface area contributed by atoms with Crippen molar-refractivity contribution in [1.29, 1.82) is 0 Å². The van der Waals surface area contributed by atoms with Crippen molar-refractivity contribution in [3.63, 3.8) is 0 Å². The van der Waals surface area contributed by atoms with Gasteiger partial charge < -0.3 is 23.8 Å². The molecule has 2 fully saturated rings. The van der Waals surface area contributed by atoms with E-state index in [4.69, 9.17) is 25.8 Å². The zero-order valence-corrected chi connectivity index (χ0v) is 18.3. The lowest BCUT2D eigenvalue weighted by molar-refractivity contribution is -0.175. The number of amides is 1. The second kappa shape index (κ2) is 9.84. The van der Waals surface area contributed by atoms with E-state index in [0.29, 0.717) is 25.1 Å². The molecule has 1 aromatic heterocycles. The number of ether oxygens (including phenoxy) is 4. The van der Waals surface area contributed by atoms with Gasteiger partial charge in [-0.25, -0.2) is 0 Å². The lowest BCUT2D eigenvalue weighted by atomic mass is 9.85. The molecule has 11 heteroatoms. The molecule has 0 saturated carbocycles. The Morgan fingerprint density at radius 1 is 1.30 bits per heavy atom. The van der Waals surface area contributed by atoms with Crippen molar-refractivity contribution in [2.24, 2.45) is 0 Å². The van der Waals surface area contributed by atoms with Crippen LogP contribution in [0.5, 0.6) is 5.75 Å². The molecule has 0 N–H and O–H groups in total. The minimum atomic E-state index is -4.39. The number of nitrogens with zero attached hydrogens (tertiary/aromatic N) is 2. The van der Waals surface area contributed by atoms with Crippen molar-refractivity contribution in [2.75, 3.05) is 39.7 Å². The number of carbonyl (C=O) groups is 1. The molecule has 180 valence electrons. The first-order valence-corrected chi connectivity index (χ1v) is 10.7. The van der Waals surface area contributed by atoms with Gasteiger partial charge in [-0.1, -0.05) is 17.7 Å². The molecule has 0 radical (unpaired) electrons. The van der Waals surface area contributed by atoms with E-state index in [2.05, 4.69) is 9.72 Å². The summed E-state index contributed by atoms with van der Waals surface area (Å²) in [5.41, 5.74) is 0.468. The monoisotopic (exact) mass is 488 g/mol. The largest absolute Gasteiger partial charge is 0.490 e. The number of rotatable bonds is 7. The van der Waals surface area contributed by atoms with Crippen molar-refractivity contribution < 1.29 is 38.3 Å². The SMILES string of the molecule is O=C(c1ccc(OCCOCC(F)(F)F)c(Cl)c1)N1CC[C@]2(c3ccccn3)OCO[C@@H]2C1.[HH]. The first-order valence-electron chi connectivity index (χ1n) is 10.3. The van der Waals surface area contributed by atoms with Gasteiger partial charge in [-0.2, -0.15) is 13.2 Å². The second-order valence-corrected chi connectivity index (χ2v) is 8.09. The predicted molar refractivity (Wildman–Crippen MR) is 113 cm³/mol. The third-order valence-corrected chi connectivity index (χ3v) is 5.86. The van der Waals surface area contributed by atoms with Crippen molar-refractivity contribution in [1.82, 2.24) is 9.88 Å². The third-order valence-electron chi connectivity index (χ3n) is 5.56. The number of alkyl halides is 3. The summed E-state index contributed by atoms with van der Waals surface area (Å²) in [5, 5.41) is 0.178. The Labute approximate surface area is 194 Å². The molecule has 2 atom stereocenters. The van der Waals surface area contributed by atoms with Crippen LogP contribution < -0.4 is 4.74 Å². The number of piperidine rings is 1. The van der Waals surface area contributed by atoms with Gasteiger partial charge in [-0.05, 0) is 30.3 Å². The Bertz CT molecular complexity index is 985. The van der Waals surface area contributed by atoms with Crippen LogP contribution in [0.3, 0.4) is 0 Å². The molecule has 1 amide bonds. The maximum atomic E-state index is 13.1. The summed E-state index contributed by atoms with van der Waals surface area (Å²) in [6.07, 6.45) is -2.50. The highest BCUT2D eigenvalue weighted by Crippen LogP contribution is 2.41. The van der Waals surface area contributed by atoms with Crippen LogP contribution in [0.15, 0.2) is 42.6 Å². The summed E-state index contributed by atoms with van der Waals surface area (Å²) in [6, 6.07) is 10.2. The first-order chi connectivity index (χ1) is 15.8. The Morgan fingerprint density at radius 3 is 2.88 bits per heavy atom. The Kier molecular flexibility index (Phi) is 7.08. The number of hydrogen-bond donors (Lipinski definition) is 0. The molecular formula is C22H24ClF3N2O5. The molecular weight excluding hydrogens is 465 g/mol. The molecule has 3 heterocycles. The van der Waals surface area contributed by atoms with Gasteiger partial charge in [-0.3, -0.25) is 9.78 Å². The molecule has 0 bridgehead atoms. The fourth-order valence-corrected chi connectivity index (χ4v) is 4.21. The zero-order valence-electron chi connectivity index (χ0n) is 17.5. The standard InChI is InChI=1S/C22H22ClF3N2O5.H2/c23-16-11-15(4-5-17(16)31-10-9-30-13-22(24,25)26)20(29)28-8-6-21(18-3-1-2-7-27-18)19(12-28)32-14-33-21;/h1-5,7,11,19H,6,8-10,12-14H2;1H/t19-,21-;/m1./s1. The molecule has 7 nitrogen and oxygen atoms in total. The quantitative estimate of drug-likeness (QED) is 0.548. The number of likely N-dealkylation sites (tertiary alicyclic amines) is 1. The van der Waals surface area contributed by atoms with Gasteiger partial charge in [0.25, 0.3) is 5.91 Å². The topological polar surface area (TPSA) is 70.1 Å². The molecule has 4 rings (SSSR count). The van der Waals surface area contributed by atoms with Gasteiger partial charge in [0.05, 0.1) is 23.9 Å². The average Bonchev–Trinajstić information content (AvgIpc) is 3.23. The molecule has 1 aromatic carbocycles. The van der Waals surface area contributed by atoms with Crippen molar-refractivity contribution >= 4 is 17.5 Å². The molecule has 2 saturated heterocycles. The van der Waals surface area contributed by atoms with Gasteiger partial charge in [0.1, 0.15) is 37.5 Å². The van der Waals surface area contributed by atoms with E-state index < -0.39 is 18.4 Å². The van der Waals surface area contributed by atoms with Crippen molar-refractivity contribution in [3.8, 4) is 5.75 Å². The second-order valence-electron chi connectivity index (χ2n) is 7.68. The summed E-state index contributed by atoms with van der Waals surface area (Å²) < 4.78 is 57.8. The Balaban J connectivity index is 0.00000324. The third kappa shape index (κ3) is 5.40. The van der Waals surface area contributed by atoms with Crippen LogP contribution in [-0.2, 0) is 19.8 Å². The maximum absolute atomic E-state index is 13.1. The smallest absolute Gasteiger partial charge is 0.411 e. The highest BCUT2D eigenvalue weighted by atomic mass is 35.5. The van der Waals surface area contributed by atoms with E-state index in [1.165, 1.54) is 12.1 Å². The fourth-order valence-electron chi connectivity index (χ4n) is 3.97. The lowest BCUT2D eigenvalue weighted by Gasteiger charge is -2.41. The zero-order chi connectivity index (χ0) is 23.5. The van der Waals surface area contributed by atoms with Crippen molar-refractivity contribution in [2.45, 2.75) is 24.3 Å². The van der Waals surface area contributed by atoms with Crippen LogP contribution in [0, 0.1) is 0 Å². The van der Waals surface area contributed by atoms with E-state index in [0.717, 1.165) is 5.69 Å². The molecule has 2 aliphatic rings. The minimum absolute atomic E-state index is 0. The van der Waals surface area contributed by atoms with Gasteiger partial charge >= 0.3 is 6.18 Å². The van der Waals surface area contributed by atoms with E-state index >= 15 is 0 Å². The number of benzene rings is 1. The lowest BCUT2D eigenvalue weighted by Crippen LogP contribution is -2.53. The van der Waals surface area contributed by atoms with Gasteiger partial charge in [0.2, 0.25) is 0 Å². The summed E-state index contributed by atoms with van der Waals surface area (Å²) in [7, 11) is 0. The minimum Gasteiger partial charge on any atom is -0.490 e. The molecule has 2 aromatic rings. The highest BCUT2D eigenvalue weighted by Gasteiger charge is 2.52. The van der Waals surface area contributed by atoms with E-state index in [1.807, 2.05) is 18.2 Å². The number of hydrogen-bond acceptors (Lipinski definition) is 6. The number of halogens is 4. The average molecular weight is 489 g/mol. The summed E-state index contributed by atoms with van der Waals surface area (Å²) in [5.74, 6) is 0.0336. The van der Waals surface area contributed by atoms with Crippen LogP contribution in [0.4, 0.5) is 13.2 Å². The Hall–Kier alpha value is -2.40. The highest BCUT2D eigenvalue weighted by molar-refractivity contribution is 6.32.